The van der Waals surface area contributed by atoms with E-state index >= 15 is 0 Å². The molecule has 0 aliphatic rings. The second-order valence-corrected chi connectivity index (χ2v) is 5.92. The molecule has 0 aliphatic carbocycles. The third kappa shape index (κ3) is 5.16. The highest BCUT2D eigenvalue weighted by Crippen LogP contribution is 2.17. The van der Waals surface area contributed by atoms with Crippen molar-refractivity contribution in [1.29, 1.82) is 0 Å². The lowest BCUT2D eigenvalue weighted by atomic mass is 9.99. The zero-order chi connectivity index (χ0) is 16.7. The minimum absolute atomic E-state index is 0.0912. The summed E-state index contributed by atoms with van der Waals surface area (Å²) in [5.74, 6) is 0.735. The fourth-order valence-electron chi connectivity index (χ4n) is 2.27. The van der Waals surface area contributed by atoms with Gasteiger partial charge < -0.3 is 4.74 Å². The van der Waals surface area contributed by atoms with E-state index < -0.39 is 5.97 Å². The lowest BCUT2D eigenvalue weighted by Gasteiger charge is -2.09. The molecule has 122 valence electrons. The van der Waals surface area contributed by atoms with Gasteiger partial charge in [0.25, 0.3) is 0 Å². The molecule has 4 heteroatoms. The van der Waals surface area contributed by atoms with Crippen LogP contribution in [0.4, 0.5) is 0 Å². The molecule has 4 nitrogen and oxygen atoms in total. The topological polar surface area (TPSA) is 52.1 Å². The number of aromatic nitrogens is 2. The average Bonchev–Trinajstić information content (AvgIpc) is 2.57. The Balaban J connectivity index is 1.96. The van der Waals surface area contributed by atoms with Gasteiger partial charge in [0.2, 0.25) is 5.82 Å². The quantitative estimate of drug-likeness (QED) is 0.567. The van der Waals surface area contributed by atoms with Gasteiger partial charge in [-0.15, -0.1) is 0 Å². The molecule has 0 bridgehead atoms. The number of carbonyl (C=O) groups is 1. The number of carbonyl (C=O) groups excluding carboxylic acids is 1. The van der Waals surface area contributed by atoms with Crippen molar-refractivity contribution < 1.29 is 9.53 Å². The predicted octanol–water partition coefficient (Wildman–Crippen LogP) is 4.24. The minimum atomic E-state index is -0.525. The molecule has 1 atom stereocenters. The molecule has 2 aromatic rings. The Morgan fingerprint density at radius 2 is 1.74 bits per heavy atom. The van der Waals surface area contributed by atoms with Gasteiger partial charge in [0.05, 0.1) is 0 Å². The summed E-state index contributed by atoms with van der Waals surface area (Å²) in [7, 11) is 0. The van der Waals surface area contributed by atoms with Crippen LogP contribution in [-0.2, 0) is 12.8 Å². The maximum absolute atomic E-state index is 12.0. The van der Waals surface area contributed by atoms with Crippen molar-refractivity contribution in [2.45, 2.75) is 46.5 Å². The summed E-state index contributed by atoms with van der Waals surface area (Å²) >= 11 is 0. The van der Waals surface area contributed by atoms with Gasteiger partial charge in [0, 0.05) is 12.4 Å². The van der Waals surface area contributed by atoms with Crippen molar-refractivity contribution in [1.82, 2.24) is 9.97 Å². The lowest BCUT2D eigenvalue weighted by Crippen LogP contribution is -2.13. The summed E-state index contributed by atoms with van der Waals surface area (Å²) in [6, 6.07) is 7.64. The van der Waals surface area contributed by atoms with Crippen LogP contribution in [0.2, 0.25) is 0 Å². The van der Waals surface area contributed by atoms with Crippen LogP contribution in [0.25, 0.3) is 0 Å². The smallest absolute Gasteiger partial charge is 0.381 e. The van der Waals surface area contributed by atoms with E-state index in [1.807, 2.05) is 24.3 Å². The molecule has 1 aromatic carbocycles. The number of ether oxygens (including phenoxy) is 1. The first kappa shape index (κ1) is 17.1. The van der Waals surface area contributed by atoms with E-state index in [0.29, 0.717) is 11.7 Å². The first-order chi connectivity index (χ1) is 11.1. The molecule has 0 saturated carbocycles. The number of hydrogen-bond acceptors (Lipinski definition) is 4. The first-order valence-corrected chi connectivity index (χ1v) is 8.24. The standard InChI is InChI=1S/C19H24N2O2/c1-4-6-16-12-20-18(21-13-16)19(22)23-17-9-7-15(8-10-17)11-14(3)5-2/h7-10,12-14H,4-6,11H2,1-3H3/t14-/m0/s1. The fourth-order valence-corrected chi connectivity index (χ4v) is 2.27. The van der Waals surface area contributed by atoms with Crippen molar-refractivity contribution in [2.24, 2.45) is 5.92 Å². The predicted molar refractivity (Wildman–Crippen MR) is 90.6 cm³/mol. The van der Waals surface area contributed by atoms with E-state index in [2.05, 4.69) is 30.7 Å². The number of benzene rings is 1. The molecule has 0 spiro atoms. The summed E-state index contributed by atoms with van der Waals surface area (Å²) in [5.41, 5.74) is 2.28. The van der Waals surface area contributed by atoms with Crippen molar-refractivity contribution >= 4 is 5.97 Å². The molecule has 2 rings (SSSR count). The van der Waals surface area contributed by atoms with Gasteiger partial charge in [-0.1, -0.05) is 45.7 Å². The van der Waals surface area contributed by atoms with Crippen LogP contribution in [0, 0.1) is 5.92 Å². The molecule has 0 N–H and O–H groups in total. The maximum Gasteiger partial charge on any atom is 0.381 e. The molecule has 0 saturated heterocycles. The molecular weight excluding hydrogens is 288 g/mol. The summed E-state index contributed by atoms with van der Waals surface area (Å²) in [6.07, 6.45) is 7.49. The largest absolute Gasteiger partial charge is 0.421 e. The highest BCUT2D eigenvalue weighted by atomic mass is 16.5. The van der Waals surface area contributed by atoms with Gasteiger partial charge in [-0.3, -0.25) is 0 Å². The Labute approximate surface area is 137 Å². The Morgan fingerprint density at radius 3 is 2.30 bits per heavy atom. The molecule has 0 radical (unpaired) electrons. The Bertz CT molecular complexity index is 621. The molecule has 0 fully saturated rings. The van der Waals surface area contributed by atoms with Gasteiger partial charge in [-0.25, -0.2) is 14.8 Å². The van der Waals surface area contributed by atoms with Crippen LogP contribution < -0.4 is 4.74 Å². The van der Waals surface area contributed by atoms with Gasteiger partial charge in [0.1, 0.15) is 5.75 Å². The van der Waals surface area contributed by atoms with E-state index in [-0.39, 0.29) is 5.82 Å². The monoisotopic (exact) mass is 312 g/mol. The van der Waals surface area contributed by atoms with Crippen LogP contribution in [-0.4, -0.2) is 15.9 Å². The third-order valence-electron chi connectivity index (χ3n) is 3.84. The van der Waals surface area contributed by atoms with Crippen LogP contribution in [0.3, 0.4) is 0 Å². The molecule has 1 aromatic heterocycles. The van der Waals surface area contributed by atoms with Crippen molar-refractivity contribution in [3.8, 4) is 5.75 Å². The Hall–Kier alpha value is -2.23. The average molecular weight is 312 g/mol. The first-order valence-electron chi connectivity index (χ1n) is 8.24. The minimum Gasteiger partial charge on any atom is -0.421 e. The molecule has 0 amide bonds. The summed E-state index contributed by atoms with van der Waals surface area (Å²) in [5, 5.41) is 0. The van der Waals surface area contributed by atoms with E-state index in [9.17, 15) is 4.79 Å². The Kier molecular flexibility index (Phi) is 6.27. The number of aryl methyl sites for hydroxylation is 1. The van der Waals surface area contributed by atoms with Gasteiger partial charge in [-0.2, -0.15) is 0 Å². The van der Waals surface area contributed by atoms with E-state index in [4.69, 9.17) is 4.74 Å². The van der Waals surface area contributed by atoms with Crippen LogP contribution in [0.1, 0.15) is 55.4 Å². The van der Waals surface area contributed by atoms with Crippen molar-refractivity contribution in [3.63, 3.8) is 0 Å². The van der Waals surface area contributed by atoms with Crippen LogP contribution in [0.15, 0.2) is 36.7 Å². The second kappa shape index (κ2) is 8.42. The Morgan fingerprint density at radius 1 is 1.09 bits per heavy atom. The highest BCUT2D eigenvalue weighted by molar-refractivity contribution is 5.86. The molecule has 0 aliphatic heterocycles. The number of nitrogens with zero attached hydrogens (tertiary/aromatic N) is 2. The number of rotatable bonds is 7. The molecule has 0 unspecified atom stereocenters. The molecule has 1 heterocycles. The second-order valence-electron chi connectivity index (χ2n) is 5.92. The number of esters is 1. The lowest BCUT2D eigenvalue weighted by molar-refractivity contribution is 0.0721. The molecular formula is C19H24N2O2. The van der Waals surface area contributed by atoms with E-state index in [0.717, 1.165) is 31.2 Å². The summed E-state index contributed by atoms with van der Waals surface area (Å²) in [6.45, 7) is 6.51. The summed E-state index contributed by atoms with van der Waals surface area (Å²) in [4.78, 5) is 20.2. The maximum atomic E-state index is 12.0. The van der Waals surface area contributed by atoms with E-state index in [1.54, 1.807) is 12.4 Å². The van der Waals surface area contributed by atoms with Crippen LogP contribution in [0.5, 0.6) is 5.75 Å². The fraction of sp³-hybridized carbons (Fsp3) is 0.421. The van der Waals surface area contributed by atoms with Gasteiger partial charge in [0.15, 0.2) is 0 Å². The van der Waals surface area contributed by atoms with Crippen molar-refractivity contribution in [2.75, 3.05) is 0 Å². The number of hydrogen-bond donors (Lipinski definition) is 0. The highest BCUT2D eigenvalue weighted by Gasteiger charge is 2.12. The van der Waals surface area contributed by atoms with E-state index in [1.165, 1.54) is 5.56 Å². The summed E-state index contributed by atoms with van der Waals surface area (Å²) < 4.78 is 5.32. The third-order valence-corrected chi connectivity index (χ3v) is 3.84. The molecule has 23 heavy (non-hydrogen) atoms. The van der Waals surface area contributed by atoms with Crippen LogP contribution >= 0.6 is 0 Å². The van der Waals surface area contributed by atoms with Gasteiger partial charge in [-0.05, 0) is 42.0 Å². The zero-order valence-electron chi connectivity index (χ0n) is 14.1. The SMILES string of the molecule is CCCc1cnc(C(=O)Oc2ccc(C[C@@H](C)CC)cc2)nc1. The zero-order valence-corrected chi connectivity index (χ0v) is 14.1. The normalized spacial score (nSPS) is 12.0. The van der Waals surface area contributed by atoms with Crippen molar-refractivity contribution in [3.05, 3.63) is 53.6 Å². The van der Waals surface area contributed by atoms with Gasteiger partial charge >= 0.3 is 5.97 Å².